The van der Waals surface area contributed by atoms with Gasteiger partial charge in [0.15, 0.2) is 0 Å². The maximum absolute atomic E-state index is 4.41. The second-order valence-electron chi connectivity index (χ2n) is 5.04. The number of rotatable bonds is 4. The Morgan fingerprint density at radius 3 is 2.69 bits per heavy atom. The van der Waals surface area contributed by atoms with Crippen molar-refractivity contribution in [2.45, 2.75) is 45.1 Å². The summed E-state index contributed by atoms with van der Waals surface area (Å²) in [5.74, 6) is 0.861. The lowest BCUT2D eigenvalue weighted by atomic mass is 9.94. The van der Waals surface area contributed by atoms with Crippen LogP contribution in [0.4, 0.5) is 0 Å². The lowest BCUT2D eigenvalue weighted by Crippen LogP contribution is -2.34. The van der Waals surface area contributed by atoms with Crippen LogP contribution in [0.2, 0.25) is 0 Å². The molecule has 16 heavy (non-hydrogen) atoms. The highest BCUT2D eigenvalue weighted by atomic mass is 15.3. The predicted molar refractivity (Wildman–Crippen MR) is 66.5 cm³/mol. The monoisotopic (exact) mass is 221 g/mol. The third kappa shape index (κ3) is 2.46. The summed E-state index contributed by atoms with van der Waals surface area (Å²) in [5, 5.41) is 7.90. The van der Waals surface area contributed by atoms with Crippen LogP contribution in [-0.2, 0) is 13.5 Å². The van der Waals surface area contributed by atoms with Crippen LogP contribution >= 0.6 is 0 Å². The maximum atomic E-state index is 4.41. The zero-order chi connectivity index (χ0) is 11.5. The van der Waals surface area contributed by atoms with E-state index in [0.29, 0.717) is 6.04 Å². The lowest BCUT2D eigenvalue weighted by molar-refractivity contribution is 0.371. The fourth-order valence-corrected chi connectivity index (χ4v) is 2.94. The second kappa shape index (κ2) is 5.00. The van der Waals surface area contributed by atoms with Crippen LogP contribution in [-0.4, -0.2) is 22.9 Å². The van der Waals surface area contributed by atoms with Gasteiger partial charge in [-0.05, 0) is 38.8 Å². The van der Waals surface area contributed by atoms with Crippen LogP contribution in [0.25, 0.3) is 0 Å². The third-order valence-corrected chi connectivity index (χ3v) is 3.87. The first-order valence-corrected chi connectivity index (χ1v) is 6.37. The fourth-order valence-electron chi connectivity index (χ4n) is 2.94. The molecule has 1 aromatic rings. The molecule has 0 aromatic carbocycles. The van der Waals surface area contributed by atoms with Crippen LogP contribution in [0, 0.1) is 12.8 Å². The predicted octanol–water partition coefficient (Wildman–Crippen LogP) is 2.05. The normalized spacial score (nSPS) is 19.2. The molecule has 1 unspecified atom stereocenters. The molecule has 90 valence electrons. The smallest absolute Gasteiger partial charge is 0.0596 e. The van der Waals surface area contributed by atoms with Crippen LogP contribution < -0.4 is 5.32 Å². The van der Waals surface area contributed by atoms with Crippen molar-refractivity contribution < 1.29 is 0 Å². The Morgan fingerprint density at radius 1 is 1.50 bits per heavy atom. The Kier molecular flexibility index (Phi) is 3.64. The molecule has 1 aliphatic rings. The number of aromatic nitrogens is 2. The third-order valence-electron chi connectivity index (χ3n) is 3.87. The minimum Gasteiger partial charge on any atom is -0.316 e. The molecule has 0 radical (unpaired) electrons. The molecule has 0 saturated heterocycles. The van der Waals surface area contributed by atoms with Gasteiger partial charge in [-0.2, -0.15) is 5.10 Å². The number of likely N-dealkylation sites (N-methyl/N-ethyl adjacent to an activating group) is 1. The number of hydrogen-bond donors (Lipinski definition) is 1. The number of hydrogen-bond acceptors (Lipinski definition) is 2. The van der Waals surface area contributed by atoms with Crippen molar-refractivity contribution in [3.05, 3.63) is 17.5 Å². The van der Waals surface area contributed by atoms with E-state index in [9.17, 15) is 0 Å². The van der Waals surface area contributed by atoms with E-state index in [0.717, 1.165) is 18.0 Å². The Morgan fingerprint density at radius 2 is 2.19 bits per heavy atom. The van der Waals surface area contributed by atoms with Crippen LogP contribution in [0.1, 0.15) is 37.1 Å². The summed E-state index contributed by atoms with van der Waals surface area (Å²) in [5.41, 5.74) is 2.47. The van der Waals surface area contributed by atoms with Gasteiger partial charge in [-0.25, -0.2) is 0 Å². The second-order valence-corrected chi connectivity index (χ2v) is 5.04. The maximum Gasteiger partial charge on any atom is 0.0596 e. The average Bonchev–Trinajstić information content (AvgIpc) is 2.85. The zero-order valence-electron chi connectivity index (χ0n) is 10.7. The Balaban J connectivity index is 2.03. The molecule has 1 heterocycles. The summed E-state index contributed by atoms with van der Waals surface area (Å²) in [6.45, 7) is 2.06. The van der Waals surface area contributed by atoms with Gasteiger partial charge < -0.3 is 5.32 Å². The Bertz CT molecular complexity index is 337. The van der Waals surface area contributed by atoms with E-state index in [-0.39, 0.29) is 0 Å². The van der Waals surface area contributed by atoms with Gasteiger partial charge in [0.2, 0.25) is 0 Å². The van der Waals surface area contributed by atoms with E-state index in [4.69, 9.17) is 0 Å². The van der Waals surface area contributed by atoms with Gasteiger partial charge in [0.05, 0.1) is 5.69 Å². The quantitative estimate of drug-likeness (QED) is 0.843. The van der Waals surface area contributed by atoms with Gasteiger partial charge in [-0.1, -0.05) is 12.8 Å². The molecule has 1 aliphatic carbocycles. The molecule has 0 amide bonds. The first kappa shape index (κ1) is 11.6. The number of nitrogens with one attached hydrogen (secondary N) is 1. The van der Waals surface area contributed by atoms with E-state index >= 15 is 0 Å². The summed E-state index contributed by atoms with van der Waals surface area (Å²) in [7, 11) is 4.13. The first-order chi connectivity index (χ1) is 7.70. The SMILES string of the molecule is CNC(Cc1cc(C)nn1C)C1CCCC1. The number of aryl methyl sites for hydroxylation is 2. The largest absolute Gasteiger partial charge is 0.316 e. The molecule has 1 aromatic heterocycles. The molecular formula is C13H23N3. The molecule has 1 saturated carbocycles. The summed E-state index contributed by atoms with van der Waals surface area (Å²) < 4.78 is 2.02. The van der Waals surface area contributed by atoms with E-state index < -0.39 is 0 Å². The lowest BCUT2D eigenvalue weighted by Gasteiger charge is -2.22. The van der Waals surface area contributed by atoms with E-state index in [2.05, 4.69) is 30.5 Å². The minimum absolute atomic E-state index is 0.622. The zero-order valence-corrected chi connectivity index (χ0v) is 10.7. The molecule has 3 nitrogen and oxygen atoms in total. The van der Waals surface area contributed by atoms with Gasteiger partial charge in [-0.3, -0.25) is 4.68 Å². The molecule has 0 aliphatic heterocycles. The van der Waals surface area contributed by atoms with Gasteiger partial charge in [0.25, 0.3) is 0 Å². The van der Waals surface area contributed by atoms with Gasteiger partial charge in [-0.15, -0.1) is 0 Å². The van der Waals surface area contributed by atoms with Crippen molar-refractivity contribution in [3.8, 4) is 0 Å². The van der Waals surface area contributed by atoms with Crippen LogP contribution in [0.3, 0.4) is 0 Å². The highest BCUT2D eigenvalue weighted by Crippen LogP contribution is 2.29. The summed E-state index contributed by atoms with van der Waals surface area (Å²) in [4.78, 5) is 0. The standard InChI is InChI=1S/C13H23N3/c1-10-8-12(16(3)15-10)9-13(14-2)11-6-4-5-7-11/h8,11,13-14H,4-7,9H2,1-3H3. The van der Waals surface area contributed by atoms with E-state index in [1.165, 1.54) is 31.4 Å². The van der Waals surface area contributed by atoms with Crippen LogP contribution in [0.15, 0.2) is 6.07 Å². The molecule has 0 bridgehead atoms. The van der Waals surface area contributed by atoms with Crippen molar-refractivity contribution in [1.82, 2.24) is 15.1 Å². The minimum atomic E-state index is 0.622. The van der Waals surface area contributed by atoms with Gasteiger partial charge in [0.1, 0.15) is 0 Å². The van der Waals surface area contributed by atoms with Gasteiger partial charge in [0, 0.05) is 25.2 Å². The van der Waals surface area contributed by atoms with Crippen molar-refractivity contribution >= 4 is 0 Å². The van der Waals surface area contributed by atoms with Crippen molar-refractivity contribution in [2.75, 3.05) is 7.05 Å². The summed E-state index contributed by atoms with van der Waals surface area (Å²) in [6.07, 6.45) is 6.71. The van der Waals surface area contributed by atoms with Crippen LogP contribution in [0.5, 0.6) is 0 Å². The fraction of sp³-hybridized carbons (Fsp3) is 0.769. The number of nitrogens with zero attached hydrogens (tertiary/aromatic N) is 2. The molecule has 1 N–H and O–H groups in total. The molecular weight excluding hydrogens is 198 g/mol. The van der Waals surface area contributed by atoms with Crippen molar-refractivity contribution in [3.63, 3.8) is 0 Å². The molecule has 3 heteroatoms. The Labute approximate surface area is 98.2 Å². The topological polar surface area (TPSA) is 29.9 Å². The van der Waals surface area contributed by atoms with E-state index in [1.54, 1.807) is 0 Å². The van der Waals surface area contributed by atoms with Gasteiger partial charge >= 0.3 is 0 Å². The van der Waals surface area contributed by atoms with E-state index in [1.807, 2.05) is 11.7 Å². The highest BCUT2D eigenvalue weighted by molar-refractivity contribution is 5.10. The summed E-state index contributed by atoms with van der Waals surface area (Å²) in [6, 6.07) is 2.83. The van der Waals surface area contributed by atoms with Crippen molar-refractivity contribution in [1.29, 1.82) is 0 Å². The average molecular weight is 221 g/mol. The summed E-state index contributed by atoms with van der Waals surface area (Å²) >= 11 is 0. The molecule has 1 atom stereocenters. The molecule has 2 rings (SSSR count). The molecule has 1 fully saturated rings. The van der Waals surface area contributed by atoms with Crippen molar-refractivity contribution in [2.24, 2.45) is 13.0 Å². The Hall–Kier alpha value is -0.830. The first-order valence-electron chi connectivity index (χ1n) is 6.37. The molecule has 0 spiro atoms. The highest BCUT2D eigenvalue weighted by Gasteiger charge is 2.24.